The molecule has 1 aliphatic carbocycles. The van der Waals surface area contributed by atoms with Gasteiger partial charge in [0.15, 0.2) is 11.6 Å². The molecular weight excluding hydrogens is 194 g/mol. The molecule has 2 heterocycles. The van der Waals surface area contributed by atoms with Gasteiger partial charge in [0.1, 0.15) is 13.0 Å². The molecule has 15 heavy (non-hydrogen) atoms. The lowest BCUT2D eigenvalue weighted by molar-refractivity contribution is -0.123. The molecule has 0 spiro atoms. The van der Waals surface area contributed by atoms with Gasteiger partial charge in [0, 0.05) is 11.6 Å². The molecule has 0 aromatic carbocycles. The van der Waals surface area contributed by atoms with E-state index in [1.165, 1.54) is 6.08 Å². The first-order valence-corrected chi connectivity index (χ1v) is 4.78. The van der Waals surface area contributed by atoms with Crippen LogP contribution >= 0.6 is 0 Å². The number of hydrazine groups is 1. The normalized spacial score (nSPS) is 23.7. The Morgan fingerprint density at radius 1 is 1.33 bits per heavy atom. The number of ketones is 2. The Labute approximate surface area is 86.3 Å². The van der Waals surface area contributed by atoms with Crippen molar-refractivity contribution in [2.75, 3.05) is 13.2 Å². The molecule has 76 valence electrons. The molecule has 0 fully saturated rings. The third-order valence-electron chi connectivity index (χ3n) is 2.71. The van der Waals surface area contributed by atoms with Gasteiger partial charge in [0.2, 0.25) is 0 Å². The van der Waals surface area contributed by atoms with Crippen molar-refractivity contribution in [1.82, 2.24) is 10.0 Å². The molecule has 5 heteroatoms. The summed E-state index contributed by atoms with van der Waals surface area (Å²) in [6, 6.07) is 0. The summed E-state index contributed by atoms with van der Waals surface area (Å²) in [6.07, 6.45) is 5.12. The van der Waals surface area contributed by atoms with E-state index in [1.54, 1.807) is 6.34 Å². The van der Waals surface area contributed by atoms with Gasteiger partial charge in [-0.25, -0.2) is 0 Å². The van der Waals surface area contributed by atoms with Gasteiger partial charge >= 0.3 is 0 Å². The number of carbonyl (C=O) groups excluding carboxylic acids is 2. The summed E-state index contributed by atoms with van der Waals surface area (Å²) < 4.78 is 0. The Balaban J connectivity index is 2.08. The van der Waals surface area contributed by atoms with Gasteiger partial charge in [-0.2, -0.15) is 0 Å². The maximum Gasteiger partial charge on any atom is 0.172 e. The van der Waals surface area contributed by atoms with Crippen molar-refractivity contribution in [2.24, 2.45) is 4.99 Å². The predicted octanol–water partition coefficient (Wildman–Crippen LogP) is -0.129. The zero-order chi connectivity index (χ0) is 10.4. The number of nitrogens with zero attached hydrogens (tertiary/aromatic N) is 3. The molecule has 0 unspecified atom stereocenters. The minimum absolute atomic E-state index is 0.00400. The average Bonchev–Trinajstić information content (AvgIpc) is 2.65. The highest BCUT2D eigenvalue weighted by molar-refractivity contribution is 6.17. The Morgan fingerprint density at radius 2 is 2.20 bits per heavy atom. The molecule has 0 aromatic heterocycles. The standard InChI is InChI=1S/C10H9N3O2/c14-7-3-9-8(10(15)4-7)1-2-12-5-11-6-13(9)12/h1,3,5H,2,4,6H2. The lowest BCUT2D eigenvalue weighted by Gasteiger charge is -2.36. The average molecular weight is 203 g/mol. The lowest BCUT2D eigenvalue weighted by Crippen LogP contribution is -2.43. The van der Waals surface area contributed by atoms with Crippen LogP contribution in [0.15, 0.2) is 28.4 Å². The second-order valence-corrected chi connectivity index (χ2v) is 3.67. The highest BCUT2D eigenvalue weighted by atomic mass is 16.1. The van der Waals surface area contributed by atoms with E-state index in [0.29, 0.717) is 24.5 Å². The summed E-state index contributed by atoms with van der Waals surface area (Å²) in [5.74, 6) is -0.204. The van der Waals surface area contributed by atoms with Crippen molar-refractivity contribution in [3.05, 3.63) is 23.4 Å². The van der Waals surface area contributed by atoms with Crippen molar-refractivity contribution >= 4 is 17.9 Å². The molecule has 2 aliphatic heterocycles. The van der Waals surface area contributed by atoms with Crippen LogP contribution in [-0.2, 0) is 9.59 Å². The number of hydrogen-bond acceptors (Lipinski definition) is 5. The number of Topliss-reactive ketones (excluding diaryl/α,β-unsaturated/α-hetero) is 1. The molecule has 0 amide bonds. The van der Waals surface area contributed by atoms with Crippen LogP contribution < -0.4 is 0 Å². The molecule has 5 nitrogen and oxygen atoms in total. The van der Waals surface area contributed by atoms with Gasteiger partial charge in [-0.1, -0.05) is 6.08 Å². The van der Waals surface area contributed by atoms with E-state index in [4.69, 9.17) is 0 Å². The van der Waals surface area contributed by atoms with Crippen molar-refractivity contribution in [3.63, 3.8) is 0 Å². The third-order valence-corrected chi connectivity index (χ3v) is 2.71. The van der Waals surface area contributed by atoms with Gasteiger partial charge in [-0.15, -0.1) is 0 Å². The van der Waals surface area contributed by atoms with Crippen LogP contribution in [0.5, 0.6) is 0 Å². The Hall–Kier alpha value is -1.91. The summed E-state index contributed by atoms with van der Waals surface area (Å²) in [7, 11) is 0. The summed E-state index contributed by atoms with van der Waals surface area (Å²) in [5, 5.41) is 3.74. The highest BCUT2D eigenvalue weighted by Gasteiger charge is 2.33. The fraction of sp³-hybridized carbons (Fsp3) is 0.300. The molecule has 0 atom stereocenters. The van der Waals surface area contributed by atoms with Crippen molar-refractivity contribution in [3.8, 4) is 0 Å². The molecule has 0 N–H and O–H groups in total. The molecule has 3 aliphatic rings. The van der Waals surface area contributed by atoms with Gasteiger partial charge in [-0.3, -0.25) is 24.6 Å². The van der Waals surface area contributed by atoms with E-state index in [9.17, 15) is 9.59 Å². The first kappa shape index (κ1) is 8.40. The van der Waals surface area contributed by atoms with Crippen molar-refractivity contribution in [1.29, 1.82) is 0 Å². The monoisotopic (exact) mass is 203 g/mol. The highest BCUT2D eigenvalue weighted by Crippen LogP contribution is 2.28. The molecule has 0 aromatic rings. The SMILES string of the molecule is O=C1C=C2C(=CCN3C=NCN23)C(=O)C1. The van der Waals surface area contributed by atoms with Gasteiger partial charge < -0.3 is 0 Å². The number of hydrogen-bond donors (Lipinski definition) is 0. The third kappa shape index (κ3) is 1.12. The summed E-state index contributed by atoms with van der Waals surface area (Å²) in [5.41, 5.74) is 1.36. The minimum atomic E-state index is -0.124. The van der Waals surface area contributed by atoms with Crippen LogP contribution in [0.3, 0.4) is 0 Å². The van der Waals surface area contributed by atoms with Crippen molar-refractivity contribution in [2.45, 2.75) is 6.42 Å². The largest absolute Gasteiger partial charge is 0.294 e. The smallest absolute Gasteiger partial charge is 0.172 e. The topological polar surface area (TPSA) is 53.0 Å². The number of aliphatic imine (C=N–C) groups is 1. The fourth-order valence-electron chi connectivity index (χ4n) is 2.01. The molecule has 0 saturated carbocycles. The van der Waals surface area contributed by atoms with Crippen LogP contribution in [-0.4, -0.2) is 41.1 Å². The fourth-order valence-corrected chi connectivity index (χ4v) is 2.01. The van der Waals surface area contributed by atoms with Gasteiger partial charge in [0.25, 0.3) is 0 Å². The predicted molar refractivity (Wildman–Crippen MR) is 52.7 cm³/mol. The first-order valence-electron chi connectivity index (χ1n) is 4.78. The second-order valence-electron chi connectivity index (χ2n) is 3.67. The van der Waals surface area contributed by atoms with E-state index in [1.807, 2.05) is 16.1 Å². The summed E-state index contributed by atoms with van der Waals surface area (Å²) in [6.45, 7) is 1.14. The Kier molecular flexibility index (Phi) is 1.56. The maximum absolute atomic E-state index is 11.6. The van der Waals surface area contributed by atoms with Crippen LogP contribution in [0.25, 0.3) is 0 Å². The molecule has 0 saturated heterocycles. The van der Waals surface area contributed by atoms with Crippen LogP contribution in [0.2, 0.25) is 0 Å². The van der Waals surface area contributed by atoms with E-state index >= 15 is 0 Å². The minimum Gasteiger partial charge on any atom is -0.294 e. The van der Waals surface area contributed by atoms with Crippen LogP contribution in [0.1, 0.15) is 6.42 Å². The summed E-state index contributed by atoms with van der Waals surface area (Å²) >= 11 is 0. The number of rotatable bonds is 0. The molecule has 0 radical (unpaired) electrons. The van der Waals surface area contributed by atoms with Crippen LogP contribution in [0.4, 0.5) is 0 Å². The second kappa shape index (κ2) is 2.79. The molecule has 3 rings (SSSR count). The van der Waals surface area contributed by atoms with E-state index in [0.717, 1.165) is 0 Å². The van der Waals surface area contributed by atoms with Crippen molar-refractivity contribution < 1.29 is 9.59 Å². The zero-order valence-electron chi connectivity index (χ0n) is 8.01. The van der Waals surface area contributed by atoms with Crippen LogP contribution in [0, 0.1) is 0 Å². The van der Waals surface area contributed by atoms with E-state index in [-0.39, 0.29) is 18.0 Å². The Morgan fingerprint density at radius 3 is 3.07 bits per heavy atom. The molecular formula is C10H9N3O2. The quantitative estimate of drug-likeness (QED) is 0.515. The number of allylic oxidation sites excluding steroid dienone is 2. The number of fused-ring (bicyclic) bond motifs is 3. The molecule has 0 bridgehead atoms. The van der Waals surface area contributed by atoms with Gasteiger partial charge in [-0.05, 0) is 0 Å². The summed E-state index contributed by atoms with van der Waals surface area (Å²) in [4.78, 5) is 27.0. The lowest BCUT2D eigenvalue weighted by atomic mass is 9.94. The van der Waals surface area contributed by atoms with E-state index in [2.05, 4.69) is 4.99 Å². The van der Waals surface area contributed by atoms with Gasteiger partial charge in [0.05, 0.1) is 18.7 Å². The number of carbonyl (C=O) groups is 2. The zero-order valence-corrected chi connectivity index (χ0v) is 8.01. The Bertz CT molecular complexity index is 448. The van der Waals surface area contributed by atoms with E-state index < -0.39 is 0 Å². The first-order chi connectivity index (χ1) is 7.25. The maximum atomic E-state index is 11.6.